The van der Waals surface area contributed by atoms with E-state index in [4.69, 9.17) is 21.3 Å². The minimum absolute atomic E-state index is 0.119. The number of hydrogen-bond acceptors (Lipinski definition) is 7. The molecule has 0 aliphatic carbocycles. The number of aromatic nitrogens is 4. The molecule has 2 heterocycles. The maximum Gasteiger partial charge on any atom is 0.445 e. The van der Waals surface area contributed by atoms with E-state index in [2.05, 4.69) is 15.0 Å². The van der Waals surface area contributed by atoms with E-state index in [0.29, 0.717) is 11.1 Å². The van der Waals surface area contributed by atoms with Crippen molar-refractivity contribution in [2.45, 2.75) is 24.9 Å². The molecule has 30 heavy (non-hydrogen) atoms. The van der Waals surface area contributed by atoms with Crippen molar-refractivity contribution in [1.29, 1.82) is 0 Å². The summed E-state index contributed by atoms with van der Waals surface area (Å²) in [5.74, 6) is -1.77. The third-order valence-corrected chi connectivity index (χ3v) is 4.05. The summed E-state index contributed by atoms with van der Waals surface area (Å²) < 4.78 is 46.0. The number of carboxylic acids is 1. The summed E-state index contributed by atoms with van der Waals surface area (Å²) in [5, 5.41) is 8.88. The van der Waals surface area contributed by atoms with Gasteiger partial charge in [-0.25, -0.2) is 9.97 Å². The van der Waals surface area contributed by atoms with Gasteiger partial charge in [0.15, 0.2) is 0 Å². The van der Waals surface area contributed by atoms with Crippen LogP contribution in [0.1, 0.15) is 11.8 Å². The molecule has 0 saturated carbocycles. The molecule has 3 aromatic rings. The fourth-order valence-electron chi connectivity index (χ4n) is 2.62. The summed E-state index contributed by atoms with van der Waals surface area (Å²) in [4.78, 5) is 22.2. The Morgan fingerprint density at radius 3 is 2.50 bits per heavy atom. The van der Waals surface area contributed by atoms with Gasteiger partial charge in [-0.15, -0.1) is 0 Å². The van der Waals surface area contributed by atoms with Crippen LogP contribution >= 0.6 is 0 Å². The zero-order valence-electron chi connectivity index (χ0n) is 15.3. The summed E-state index contributed by atoms with van der Waals surface area (Å²) >= 11 is 0. The molecule has 1 unspecified atom stereocenters. The first kappa shape index (κ1) is 21.0. The lowest BCUT2D eigenvalue weighted by atomic mass is 10.0. The number of halogens is 3. The number of nitrogen functional groups attached to an aromatic ring is 1. The van der Waals surface area contributed by atoms with E-state index in [0.717, 1.165) is 17.1 Å². The first-order chi connectivity index (χ1) is 14.1. The minimum atomic E-state index is -4.73. The highest BCUT2D eigenvalue weighted by Gasteiger charge is 2.43. The third kappa shape index (κ3) is 5.03. The van der Waals surface area contributed by atoms with Gasteiger partial charge in [-0.1, -0.05) is 24.3 Å². The zero-order chi connectivity index (χ0) is 21.9. The topological polar surface area (TPSA) is 142 Å². The molecule has 1 aromatic carbocycles. The molecule has 0 aliphatic heterocycles. The van der Waals surface area contributed by atoms with Crippen molar-refractivity contribution in [2.75, 3.05) is 5.73 Å². The van der Waals surface area contributed by atoms with Gasteiger partial charge in [-0.2, -0.15) is 18.2 Å². The maximum atomic E-state index is 13.4. The number of aliphatic carboxylic acids is 1. The number of nitrogens with two attached hydrogens (primary N) is 2. The van der Waals surface area contributed by atoms with E-state index in [1.54, 1.807) is 24.3 Å². The number of carbonyl (C=O) groups is 1. The van der Waals surface area contributed by atoms with Crippen molar-refractivity contribution < 1.29 is 27.8 Å². The largest absolute Gasteiger partial charge is 0.480 e. The normalized spacial score (nSPS) is 13.6. The zero-order valence-corrected chi connectivity index (χ0v) is 15.3. The highest BCUT2D eigenvalue weighted by atomic mass is 19.4. The Bertz CT molecular complexity index is 1010. The minimum Gasteiger partial charge on any atom is -0.480 e. The van der Waals surface area contributed by atoms with E-state index >= 15 is 0 Å². The summed E-state index contributed by atoms with van der Waals surface area (Å²) in [6.07, 6.45) is -3.67. The predicted molar refractivity (Wildman–Crippen MR) is 99.1 cm³/mol. The molecule has 0 fully saturated rings. The number of anilines is 1. The highest BCUT2D eigenvalue weighted by Crippen LogP contribution is 2.33. The van der Waals surface area contributed by atoms with Gasteiger partial charge in [0, 0.05) is 24.0 Å². The van der Waals surface area contributed by atoms with Crippen LogP contribution in [0, 0.1) is 0 Å². The second-order valence-corrected chi connectivity index (χ2v) is 6.32. The summed E-state index contributed by atoms with van der Waals surface area (Å²) in [6, 6.07) is 6.69. The van der Waals surface area contributed by atoms with Crippen LogP contribution in [-0.4, -0.2) is 42.8 Å². The van der Waals surface area contributed by atoms with E-state index in [1.165, 1.54) is 12.3 Å². The molecule has 0 amide bonds. The number of imidazole rings is 1. The number of nitrogens with zero attached hydrogens (tertiary/aromatic N) is 4. The molecule has 0 saturated heterocycles. The average Bonchev–Trinajstić information content (AvgIpc) is 3.19. The van der Waals surface area contributed by atoms with Crippen LogP contribution in [0.25, 0.3) is 11.3 Å². The SMILES string of the molecule is Nc1nc(OC(n2ccnc2)C(F)(F)F)cc(-c2ccc(C[C@H](N)C(=O)O)cc2)n1. The van der Waals surface area contributed by atoms with E-state index in [9.17, 15) is 18.0 Å². The smallest absolute Gasteiger partial charge is 0.445 e. The quantitative estimate of drug-likeness (QED) is 0.525. The molecule has 12 heteroatoms. The van der Waals surface area contributed by atoms with Crippen LogP contribution in [0.5, 0.6) is 5.88 Å². The monoisotopic (exact) mass is 422 g/mol. The maximum absolute atomic E-state index is 13.4. The molecule has 0 bridgehead atoms. The van der Waals surface area contributed by atoms with Gasteiger partial charge in [-0.3, -0.25) is 9.36 Å². The number of hydrogen-bond donors (Lipinski definition) is 3. The van der Waals surface area contributed by atoms with Gasteiger partial charge >= 0.3 is 12.1 Å². The van der Waals surface area contributed by atoms with E-state index in [-0.39, 0.29) is 23.9 Å². The molecular weight excluding hydrogens is 405 g/mol. The highest BCUT2D eigenvalue weighted by molar-refractivity contribution is 5.73. The molecular formula is C18H17F3N6O3. The molecule has 0 aliphatic rings. The molecule has 5 N–H and O–H groups in total. The number of carboxylic acid groups (broad SMARTS) is 1. The van der Waals surface area contributed by atoms with Crippen LogP contribution in [0.2, 0.25) is 0 Å². The Morgan fingerprint density at radius 1 is 1.23 bits per heavy atom. The van der Waals surface area contributed by atoms with Crippen molar-refractivity contribution in [2.24, 2.45) is 5.73 Å². The third-order valence-electron chi connectivity index (χ3n) is 4.05. The van der Waals surface area contributed by atoms with Gasteiger partial charge in [0.2, 0.25) is 11.8 Å². The number of ether oxygens (including phenoxy) is 1. The average molecular weight is 422 g/mol. The van der Waals surface area contributed by atoms with E-state index < -0.39 is 24.4 Å². The second-order valence-electron chi connectivity index (χ2n) is 6.32. The molecule has 2 atom stereocenters. The van der Waals surface area contributed by atoms with Crippen molar-refractivity contribution in [3.63, 3.8) is 0 Å². The van der Waals surface area contributed by atoms with Crippen LogP contribution in [0.15, 0.2) is 49.1 Å². The number of alkyl halides is 3. The van der Waals surface area contributed by atoms with Crippen molar-refractivity contribution >= 4 is 11.9 Å². The van der Waals surface area contributed by atoms with Gasteiger partial charge in [0.1, 0.15) is 6.04 Å². The van der Waals surface area contributed by atoms with Gasteiger partial charge < -0.3 is 21.3 Å². The van der Waals surface area contributed by atoms with Crippen molar-refractivity contribution in [1.82, 2.24) is 19.5 Å². The van der Waals surface area contributed by atoms with Crippen molar-refractivity contribution in [3.05, 3.63) is 54.6 Å². The summed E-state index contributed by atoms with van der Waals surface area (Å²) in [5.41, 5.74) is 12.6. The standard InChI is InChI=1S/C18H17F3N6O3/c19-18(20,21)16(27-6-5-24-9-27)30-14-8-13(25-17(23)26-14)11-3-1-10(2-4-11)7-12(22)15(28)29/h1-6,8-9,12,16H,7,22H2,(H,28,29)(H2,23,25,26)/t12-,16?/m0/s1. The lowest BCUT2D eigenvalue weighted by Gasteiger charge is -2.22. The Hall–Kier alpha value is -3.67. The fraction of sp³-hybridized carbons (Fsp3) is 0.222. The van der Waals surface area contributed by atoms with E-state index in [1.807, 2.05) is 0 Å². The summed E-state index contributed by atoms with van der Waals surface area (Å²) in [7, 11) is 0. The predicted octanol–water partition coefficient (Wildman–Crippen LogP) is 2.02. The Morgan fingerprint density at radius 2 is 1.93 bits per heavy atom. The Labute approximate surface area is 168 Å². The van der Waals surface area contributed by atoms with Crippen LogP contribution in [0.4, 0.5) is 19.1 Å². The lowest BCUT2D eigenvalue weighted by Crippen LogP contribution is -2.32. The first-order valence-electron chi connectivity index (χ1n) is 8.56. The van der Waals surface area contributed by atoms with Gasteiger partial charge in [0.25, 0.3) is 6.23 Å². The Balaban J connectivity index is 1.85. The molecule has 3 rings (SSSR count). The Kier molecular flexibility index (Phi) is 5.87. The number of rotatable bonds is 7. The second kappa shape index (κ2) is 8.37. The lowest BCUT2D eigenvalue weighted by molar-refractivity contribution is -0.222. The first-order valence-corrected chi connectivity index (χ1v) is 8.56. The molecule has 158 valence electrons. The van der Waals surface area contributed by atoms with Crippen LogP contribution < -0.4 is 16.2 Å². The molecule has 0 spiro atoms. The summed E-state index contributed by atoms with van der Waals surface area (Å²) in [6.45, 7) is 0. The van der Waals surface area contributed by atoms with Crippen LogP contribution in [-0.2, 0) is 11.2 Å². The molecule has 2 aromatic heterocycles. The van der Waals surface area contributed by atoms with Gasteiger partial charge in [-0.05, 0) is 12.0 Å². The van der Waals surface area contributed by atoms with Crippen LogP contribution in [0.3, 0.4) is 0 Å². The molecule has 0 radical (unpaired) electrons. The van der Waals surface area contributed by atoms with Gasteiger partial charge in [0.05, 0.1) is 12.0 Å². The fourth-order valence-corrected chi connectivity index (χ4v) is 2.62. The molecule has 9 nitrogen and oxygen atoms in total. The van der Waals surface area contributed by atoms with Crippen molar-refractivity contribution in [3.8, 4) is 17.1 Å². The number of benzene rings is 1.